The van der Waals surface area contributed by atoms with Gasteiger partial charge in [0.25, 0.3) is 0 Å². The van der Waals surface area contributed by atoms with Gasteiger partial charge >= 0.3 is 0 Å². The maximum Gasteiger partial charge on any atom is 0.200 e. The highest BCUT2D eigenvalue weighted by molar-refractivity contribution is 5.31. The maximum absolute atomic E-state index is 13.1. The first-order valence-electron chi connectivity index (χ1n) is 4.00. The number of aromatic hydroxyl groups is 1. The van der Waals surface area contributed by atoms with Crippen LogP contribution in [0.1, 0.15) is 24.9 Å². The second-order valence-corrected chi connectivity index (χ2v) is 2.82. The summed E-state index contributed by atoms with van der Waals surface area (Å²) in [7, 11) is 0. The van der Waals surface area contributed by atoms with E-state index in [1.807, 2.05) is 0 Å². The molecular formula is C9H11F2NO. The van der Waals surface area contributed by atoms with Crippen LogP contribution in [0.4, 0.5) is 8.78 Å². The van der Waals surface area contributed by atoms with Gasteiger partial charge in [-0.25, -0.2) is 4.39 Å². The van der Waals surface area contributed by atoms with E-state index in [2.05, 4.69) is 0 Å². The molecule has 1 aromatic rings. The highest BCUT2D eigenvalue weighted by Crippen LogP contribution is 2.25. The average Bonchev–Trinajstić information content (AvgIpc) is 2.13. The van der Waals surface area contributed by atoms with Gasteiger partial charge in [-0.15, -0.1) is 0 Å². The summed E-state index contributed by atoms with van der Waals surface area (Å²) in [6, 6.07) is 1.86. The Morgan fingerprint density at radius 1 is 1.38 bits per heavy atom. The first kappa shape index (κ1) is 9.92. The number of phenols is 1. The molecule has 4 heteroatoms. The van der Waals surface area contributed by atoms with E-state index in [0.29, 0.717) is 6.42 Å². The van der Waals surface area contributed by atoms with Crippen LogP contribution in [0.15, 0.2) is 12.1 Å². The van der Waals surface area contributed by atoms with Crippen molar-refractivity contribution in [3.05, 3.63) is 29.3 Å². The van der Waals surface area contributed by atoms with Crippen molar-refractivity contribution >= 4 is 0 Å². The van der Waals surface area contributed by atoms with E-state index in [9.17, 15) is 8.78 Å². The lowest BCUT2D eigenvalue weighted by molar-refractivity contribution is 0.401. The molecule has 0 aliphatic heterocycles. The first-order chi connectivity index (χ1) is 6.07. The summed E-state index contributed by atoms with van der Waals surface area (Å²) in [6.45, 7) is 1.77. The van der Waals surface area contributed by atoms with Crippen LogP contribution in [0.3, 0.4) is 0 Å². The van der Waals surface area contributed by atoms with E-state index >= 15 is 0 Å². The highest BCUT2D eigenvalue weighted by Gasteiger charge is 2.16. The molecule has 3 N–H and O–H groups in total. The lowest BCUT2D eigenvalue weighted by Crippen LogP contribution is -2.11. The topological polar surface area (TPSA) is 46.2 Å². The van der Waals surface area contributed by atoms with Crippen molar-refractivity contribution in [2.24, 2.45) is 5.73 Å². The van der Waals surface area contributed by atoms with Crippen molar-refractivity contribution in [3.8, 4) is 5.75 Å². The fourth-order valence-corrected chi connectivity index (χ4v) is 1.06. The molecule has 0 spiro atoms. The number of phenolic OH excluding ortho intramolecular Hbond substituents is 1. The Bertz CT molecular complexity index is 315. The van der Waals surface area contributed by atoms with Crippen LogP contribution in [-0.2, 0) is 0 Å². The van der Waals surface area contributed by atoms with Crippen LogP contribution in [-0.4, -0.2) is 5.11 Å². The summed E-state index contributed by atoms with van der Waals surface area (Å²) in [6.07, 6.45) is 0.515. The Morgan fingerprint density at radius 3 is 2.54 bits per heavy atom. The quantitative estimate of drug-likeness (QED) is 0.744. The minimum atomic E-state index is -1.23. The summed E-state index contributed by atoms with van der Waals surface area (Å²) < 4.78 is 25.9. The van der Waals surface area contributed by atoms with Gasteiger partial charge in [-0.1, -0.05) is 13.0 Å². The van der Waals surface area contributed by atoms with Crippen LogP contribution in [0.5, 0.6) is 5.75 Å². The lowest BCUT2D eigenvalue weighted by atomic mass is 10.0. The average molecular weight is 187 g/mol. The van der Waals surface area contributed by atoms with Gasteiger partial charge in [-0.05, 0) is 12.5 Å². The molecule has 72 valence electrons. The van der Waals surface area contributed by atoms with E-state index in [1.165, 1.54) is 6.07 Å². The van der Waals surface area contributed by atoms with Gasteiger partial charge in [-0.2, -0.15) is 4.39 Å². The van der Waals surface area contributed by atoms with E-state index in [-0.39, 0.29) is 5.56 Å². The van der Waals surface area contributed by atoms with Crippen molar-refractivity contribution in [1.82, 2.24) is 0 Å². The zero-order chi connectivity index (χ0) is 10.0. The lowest BCUT2D eigenvalue weighted by Gasteiger charge is -2.10. The summed E-state index contributed by atoms with van der Waals surface area (Å²) in [4.78, 5) is 0. The molecule has 1 aromatic carbocycles. The molecule has 1 rings (SSSR count). The molecule has 0 amide bonds. The number of benzene rings is 1. The summed E-state index contributed by atoms with van der Waals surface area (Å²) in [5.74, 6) is -2.99. The van der Waals surface area contributed by atoms with E-state index < -0.39 is 23.4 Å². The summed E-state index contributed by atoms with van der Waals surface area (Å²) in [5, 5.41) is 8.82. The number of halogens is 2. The van der Waals surface area contributed by atoms with Crippen LogP contribution < -0.4 is 5.73 Å². The Balaban J connectivity index is 3.18. The highest BCUT2D eigenvalue weighted by atomic mass is 19.2. The van der Waals surface area contributed by atoms with Crippen LogP contribution >= 0.6 is 0 Å². The van der Waals surface area contributed by atoms with Gasteiger partial charge in [0, 0.05) is 11.6 Å². The minimum absolute atomic E-state index is 0.0952. The van der Waals surface area contributed by atoms with Crippen molar-refractivity contribution in [3.63, 3.8) is 0 Å². The number of nitrogens with two attached hydrogens (primary N) is 1. The first-order valence-corrected chi connectivity index (χ1v) is 4.00. The van der Waals surface area contributed by atoms with E-state index in [4.69, 9.17) is 10.8 Å². The molecule has 0 bridgehead atoms. The van der Waals surface area contributed by atoms with Gasteiger partial charge in [-0.3, -0.25) is 0 Å². The largest absolute Gasteiger partial charge is 0.505 e. The minimum Gasteiger partial charge on any atom is -0.505 e. The van der Waals surface area contributed by atoms with Gasteiger partial charge in [0.05, 0.1) is 0 Å². The second kappa shape index (κ2) is 3.70. The van der Waals surface area contributed by atoms with Gasteiger partial charge in [0.1, 0.15) is 0 Å². The zero-order valence-electron chi connectivity index (χ0n) is 7.22. The Hall–Kier alpha value is -1.16. The van der Waals surface area contributed by atoms with Crippen LogP contribution in [0, 0.1) is 11.6 Å². The van der Waals surface area contributed by atoms with Gasteiger partial charge in [0.15, 0.2) is 11.6 Å². The summed E-state index contributed by atoms with van der Waals surface area (Å²) in [5.41, 5.74) is 5.62. The second-order valence-electron chi connectivity index (χ2n) is 2.82. The van der Waals surface area contributed by atoms with E-state index in [0.717, 1.165) is 6.07 Å². The van der Waals surface area contributed by atoms with Crippen molar-refractivity contribution in [2.45, 2.75) is 19.4 Å². The third-order valence-corrected chi connectivity index (χ3v) is 1.93. The third kappa shape index (κ3) is 1.78. The Morgan fingerprint density at radius 2 is 2.00 bits per heavy atom. The summed E-state index contributed by atoms with van der Waals surface area (Å²) >= 11 is 0. The predicted molar refractivity (Wildman–Crippen MR) is 45.2 cm³/mol. The molecule has 0 aliphatic rings. The molecular weight excluding hydrogens is 176 g/mol. The van der Waals surface area contributed by atoms with Crippen molar-refractivity contribution in [1.29, 1.82) is 0 Å². The molecule has 0 aliphatic carbocycles. The van der Waals surface area contributed by atoms with Crippen LogP contribution in [0.25, 0.3) is 0 Å². The number of hydrogen-bond acceptors (Lipinski definition) is 2. The fourth-order valence-electron chi connectivity index (χ4n) is 1.06. The molecule has 1 atom stereocenters. The maximum atomic E-state index is 13.1. The zero-order valence-corrected chi connectivity index (χ0v) is 7.22. The Kier molecular flexibility index (Phi) is 2.83. The standard InChI is InChI=1S/C9H11F2NO/c1-2-6(12)5-3-4-7(13)9(11)8(5)10/h3-4,6,13H,2,12H2,1H3. The molecule has 0 saturated heterocycles. The smallest absolute Gasteiger partial charge is 0.200 e. The molecule has 0 saturated carbocycles. The molecule has 0 aromatic heterocycles. The predicted octanol–water partition coefficient (Wildman–Crippen LogP) is 2.08. The van der Waals surface area contributed by atoms with E-state index in [1.54, 1.807) is 6.92 Å². The number of rotatable bonds is 2. The molecule has 13 heavy (non-hydrogen) atoms. The van der Waals surface area contributed by atoms with Gasteiger partial charge < -0.3 is 10.8 Å². The normalized spacial score (nSPS) is 12.9. The van der Waals surface area contributed by atoms with Crippen molar-refractivity contribution < 1.29 is 13.9 Å². The van der Waals surface area contributed by atoms with Gasteiger partial charge in [0.2, 0.25) is 5.82 Å². The molecule has 1 unspecified atom stereocenters. The van der Waals surface area contributed by atoms with Crippen molar-refractivity contribution in [2.75, 3.05) is 0 Å². The molecule has 0 heterocycles. The third-order valence-electron chi connectivity index (χ3n) is 1.93. The molecule has 0 radical (unpaired) electrons. The monoisotopic (exact) mass is 187 g/mol. The molecule has 0 fully saturated rings. The molecule has 2 nitrogen and oxygen atoms in total. The fraction of sp³-hybridized carbons (Fsp3) is 0.333. The Labute approximate surface area is 75.0 Å². The number of hydrogen-bond donors (Lipinski definition) is 2. The SMILES string of the molecule is CCC(N)c1ccc(O)c(F)c1F. The van der Waals surface area contributed by atoms with Crippen LogP contribution in [0.2, 0.25) is 0 Å².